The zero-order chi connectivity index (χ0) is 18.7. The van der Waals surface area contributed by atoms with Gasteiger partial charge in [-0.15, -0.1) is 0 Å². The van der Waals surface area contributed by atoms with Gasteiger partial charge in [-0.1, -0.05) is 84.4 Å². The molecule has 0 fully saturated rings. The molecule has 0 atom stereocenters. The highest BCUT2D eigenvalue weighted by molar-refractivity contribution is 6.42. The maximum absolute atomic E-state index is 6.77. The van der Waals surface area contributed by atoms with Crippen LogP contribution in [0.5, 0.6) is 0 Å². The standard InChI is InChI=1S/C26H15ClO/c27-26-20-10-3-1-8-18(20)25(19-9-2-4-11-21(19)26)16-13-14-24-22(15-16)17-7-5-6-12-23(17)28-24/h1-15H. The molecule has 6 rings (SSSR count). The Labute approximate surface area is 166 Å². The number of rotatable bonds is 1. The van der Waals surface area contributed by atoms with E-state index in [0.717, 1.165) is 37.7 Å². The number of fused-ring (bicyclic) bond motifs is 5. The summed E-state index contributed by atoms with van der Waals surface area (Å²) in [5.41, 5.74) is 4.21. The van der Waals surface area contributed by atoms with E-state index in [1.807, 2.05) is 24.3 Å². The molecule has 6 aromatic rings. The average Bonchev–Trinajstić information content (AvgIpc) is 3.12. The van der Waals surface area contributed by atoms with Crippen molar-refractivity contribution in [2.75, 3.05) is 0 Å². The van der Waals surface area contributed by atoms with Crippen LogP contribution in [0, 0.1) is 0 Å². The molecule has 0 N–H and O–H groups in total. The first-order valence-electron chi connectivity index (χ1n) is 9.32. The van der Waals surface area contributed by atoms with Crippen LogP contribution in [0.2, 0.25) is 5.02 Å². The van der Waals surface area contributed by atoms with Crippen LogP contribution < -0.4 is 0 Å². The van der Waals surface area contributed by atoms with E-state index in [-0.39, 0.29) is 0 Å². The molecule has 5 aromatic carbocycles. The lowest BCUT2D eigenvalue weighted by Gasteiger charge is -2.14. The molecular weight excluding hydrogens is 364 g/mol. The molecule has 0 saturated carbocycles. The number of benzene rings is 5. The number of hydrogen-bond acceptors (Lipinski definition) is 1. The summed E-state index contributed by atoms with van der Waals surface area (Å²) in [6, 6.07) is 31.4. The Morgan fingerprint density at radius 2 is 1.04 bits per heavy atom. The van der Waals surface area contributed by atoms with Crippen molar-refractivity contribution in [3.05, 3.63) is 96.0 Å². The molecule has 0 amide bonds. The van der Waals surface area contributed by atoms with Gasteiger partial charge < -0.3 is 4.42 Å². The van der Waals surface area contributed by atoms with Crippen molar-refractivity contribution in [3.8, 4) is 11.1 Å². The predicted octanol–water partition coefficient (Wildman–Crippen LogP) is 8.21. The van der Waals surface area contributed by atoms with E-state index >= 15 is 0 Å². The maximum atomic E-state index is 6.77. The van der Waals surface area contributed by atoms with Crippen LogP contribution in [0.25, 0.3) is 54.6 Å². The zero-order valence-corrected chi connectivity index (χ0v) is 15.7. The third-order valence-corrected chi connectivity index (χ3v) is 5.94. The molecule has 1 aromatic heterocycles. The number of furan rings is 1. The van der Waals surface area contributed by atoms with E-state index in [1.54, 1.807) is 0 Å². The third kappa shape index (κ3) is 2.14. The lowest BCUT2D eigenvalue weighted by molar-refractivity contribution is 0.669. The fourth-order valence-electron chi connectivity index (χ4n) is 4.27. The Kier molecular flexibility index (Phi) is 3.29. The van der Waals surface area contributed by atoms with Crippen LogP contribution in [0.15, 0.2) is 95.4 Å². The summed E-state index contributed by atoms with van der Waals surface area (Å²) in [6.07, 6.45) is 0. The monoisotopic (exact) mass is 378 g/mol. The van der Waals surface area contributed by atoms with Crippen LogP contribution >= 0.6 is 11.6 Å². The zero-order valence-electron chi connectivity index (χ0n) is 14.9. The minimum atomic E-state index is 0.810. The van der Waals surface area contributed by atoms with E-state index in [4.69, 9.17) is 16.0 Å². The van der Waals surface area contributed by atoms with E-state index < -0.39 is 0 Å². The van der Waals surface area contributed by atoms with Gasteiger partial charge in [0.2, 0.25) is 0 Å². The topological polar surface area (TPSA) is 13.1 Å². The first kappa shape index (κ1) is 15.7. The van der Waals surface area contributed by atoms with Crippen LogP contribution in [0.4, 0.5) is 0 Å². The van der Waals surface area contributed by atoms with Crippen molar-refractivity contribution < 1.29 is 4.42 Å². The van der Waals surface area contributed by atoms with Gasteiger partial charge in [0.05, 0.1) is 5.02 Å². The van der Waals surface area contributed by atoms with Gasteiger partial charge in [-0.2, -0.15) is 0 Å². The molecule has 0 aliphatic heterocycles. The van der Waals surface area contributed by atoms with Crippen molar-refractivity contribution in [3.63, 3.8) is 0 Å². The molecule has 2 heteroatoms. The van der Waals surface area contributed by atoms with E-state index in [9.17, 15) is 0 Å². The fourth-order valence-corrected chi connectivity index (χ4v) is 4.60. The average molecular weight is 379 g/mol. The van der Waals surface area contributed by atoms with Gasteiger partial charge >= 0.3 is 0 Å². The predicted molar refractivity (Wildman–Crippen MR) is 119 cm³/mol. The summed E-state index contributed by atoms with van der Waals surface area (Å²) in [7, 11) is 0. The lowest BCUT2D eigenvalue weighted by Crippen LogP contribution is -1.87. The minimum Gasteiger partial charge on any atom is -0.456 e. The van der Waals surface area contributed by atoms with Crippen molar-refractivity contribution in [2.24, 2.45) is 0 Å². The first-order chi connectivity index (χ1) is 13.8. The fraction of sp³-hybridized carbons (Fsp3) is 0. The van der Waals surface area contributed by atoms with Crippen LogP contribution in [0.1, 0.15) is 0 Å². The molecule has 0 aliphatic carbocycles. The lowest BCUT2D eigenvalue weighted by atomic mass is 9.91. The van der Waals surface area contributed by atoms with Crippen molar-refractivity contribution in [1.29, 1.82) is 0 Å². The highest BCUT2D eigenvalue weighted by Crippen LogP contribution is 2.42. The summed E-state index contributed by atoms with van der Waals surface area (Å²) in [5.74, 6) is 0. The Balaban J connectivity index is 1.79. The van der Waals surface area contributed by atoms with Crippen LogP contribution in [0.3, 0.4) is 0 Å². The Morgan fingerprint density at radius 3 is 1.71 bits per heavy atom. The molecule has 28 heavy (non-hydrogen) atoms. The quantitative estimate of drug-likeness (QED) is 0.263. The number of para-hydroxylation sites is 1. The number of hydrogen-bond donors (Lipinski definition) is 0. The highest BCUT2D eigenvalue weighted by atomic mass is 35.5. The summed E-state index contributed by atoms with van der Waals surface area (Å²) in [4.78, 5) is 0. The molecule has 132 valence electrons. The first-order valence-corrected chi connectivity index (χ1v) is 9.70. The molecule has 1 heterocycles. The summed E-state index contributed by atoms with van der Waals surface area (Å²) >= 11 is 6.77. The normalized spacial score (nSPS) is 11.8. The van der Waals surface area contributed by atoms with Crippen molar-refractivity contribution >= 4 is 55.1 Å². The largest absolute Gasteiger partial charge is 0.456 e. The Morgan fingerprint density at radius 1 is 0.500 bits per heavy atom. The van der Waals surface area contributed by atoms with E-state index in [1.165, 1.54) is 21.9 Å². The van der Waals surface area contributed by atoms with Gasteiger partial charge in [0.15, 0.2) is 0 Å². The summed E-state index contributed by atoms with van der Waals surface area (Å²) < 4.78 is 6.02. The van der Waals surface area contributed by atoms with Gasteiger partial charge in [0, 0.05) is 21.5 Å². The molecule has 0 spiro atoms. The molecule has 0 aliphatic rings. The maximum Gasteiger partial charge on any atom is 0.135 e. The molecule has 0 saturated heterocycles. The molecular formula is C26H15ClO. The van der Waals surface area contributed by atoms with Gasteiger partial charge in [0.25, 0.3) is 0 Å². The van der Waals surface area contributed by atoms with Crippen molar-refractivity contribution in [1.82, 2.24) is 0 Å². The molecule has 1 nitrogen and oxygen atoms in total. The Bertz CT molecular complexity index is 1470. The SMILES string of the molecule is Clc1c2ccccc2c(-c2ccc3oc4ccccc4c3c2)c2ccccc12. The minimum absolute atomic E-state index is 0.810. The third-order valence-electron chi connectivity index (χ3n) is 5.53. The second-order valence-electron chi connectivity index (χ2n) is 7.09. The Hall–Kier alpha value is -3.29. The molecule has 0 bridgehead atoms. The second-order valence-corrected chi connectivity index (χ2v) is 7.47. The van der Waals surface area contributed by atoms with Gasteiger partial charge in [-0.3, -0.25) is 0 Å². The van der Waals surface area contributed by atoms with Crippen molar-refractivity contribution in [2.45, 2.75) is 0 Å². The van der Waals surface area contributed by atoms with Gasteiger partial charge in [-0.05, 0) is 40.1 Å². The summed E-state index contributed by atoms with van der Waals surface area (Å²) in [5, 5.41) is 7.57. The molecule has 0 unspecified atom stereocenters. The van der Waals surface area contributed by atoms with Gasteiger partial charge in [-0.25, -0.2) is 0 Å². The van der Waals surface area contributed by atoms with E-state index in [0.29, 0.717) is 0 Å². The van der Waals surface area contributed by atoms with Gasteiger partial charge in [0.1, 0.15) is 11.2 Å². The van der Waals surface area contributed by atoms with Crippen LogP contribution in [-0.4, -0.2) is 0 Å². The summed E-state index contributed by atoms with van der Waals surface area (Å²) in [6.45, 7) is 0. The molecule has 0 radical (unpaired) electrons. The smallest absolute Gasteiger partial charge is 0.135 e. The van der Waals surface area contributed by atoms with Crippen LogP contribution in [-0.2, 0) is 0 Å². The van der Waals surface area contributed by atoms with E-state index in [2.05, 4.69) is 66.7 Å². The highest BCUT2D eigenvalue weighted by Gasteiger charge is 2.15. The second kappa shape index (κ2) is 5.85. The number of halogens is 1.